The lowest BCUT2D eigenvalue weighted by molar-refractivity contribution is 0.0617. The molecule has 4 heteroatoms. The number of rotatable bonds is 5. The first-order valence-electron chi connectivity index (χ1n) is 7.47. The van der Waals surface area contributed by atoms with Gasteiger partial charge in [-0.2, -0.15) is 0 Å². The number of nitrogens with one attached hydrogen (secondary N) is 1. The number of urea groups is 1. The van der Waals surface area contributed by atoms with E-state index in [1.165, 1.54) is 6.42 Å². The molecule has 4 nitrogen and oxygen atoms in total. The number of carbonyl (C=O) groups is 1. The van der Waals surface area contributed by atoms with Gasteiger partial charge in [-0.1, -0.05) is 30.3 Å². The molecular formula is C16H24N2O2. The van der Waals surface area contributed by atoms with Crippen LogP contribution >= 0.6 is 0 Å². The average molecular weight is 276 g/mol. The Morgan fingerprint density at radius 2 is 2.15 bits per heavy atom. The monoisotopic (exact) mass is 276 g/mol. The Morgan fingerprint density at radius 1 is 1.35 bits per heavy atom. The highest BCUT2D eigenvalue weighted by atomic mass is 16.5. The molecule has 1 N–H and O–H groups in total. The first-order chi connectivity index (χ1) is 9.81. The van der Waals surface area contributed by atoms with Crippen molar-refractivity contribution in [1.82, 2.24) is 10.2 Å². The van der Waals surface area contributed by atoms with Crippen LogP contribution in [0.1, 0.15) is 31.7 Å². The Bertz CT molecular complexity index is 408. The minimum Gasteiger partial charge on any atom is -0.380 e. The highest BCUT2D eigenvalue weighted by molar-refractivity contribution is 5.74. The Kier molecular flexibility index (Phi) is 5.87. The zero-order valence-corrected chi connectivity index (χ0v) is 12.2. The summed E-state index contributed by atoms with van der Waals surface area (Å²) in [5, 5.41) is 3.01. The molecule has 0 bridgehead atoms. The summed E-state index contributed by atoms with van der Waals surface area (Å²) in [6, 6.07) is 10.2. The minimum atomic E-state index is 0.0262. The van der Waals surface area contributed by atoms with Gasteiger partial charge in [0, 0.05) is 19.7 Å². The summed E-state index contributed by atoms with van der Waals surface area (Å²) in [4.78, 5) is 14.2. The summed E-state index contributed by atoms with van der Waals surface area (Å²) >= 11 is 0. The van der Waals surface area contributed by atoms with E-state index in [0.717, 1.165) is 24.9 Å². The Morgan fingerprint density at radius 3 is 2.90 bits per heavy atom. The number of benzene rings is 1. The fourth-order valence-electron chi connectivity index (χ4n) is 2.57. The number of likely N-dealkylation sites (tertiary alicyclic amines) is 1. The van der Waals surface area contributed by atoms with Crippen molar-refractivity contribution in [2.45, 2.75) is 38.8 Å². The molecule has 110 valence electrons. The van der Waals surface area contributed by atoms with Crippen molar-refractivity contribution in [1.29, 1.82) is 0 Å². The van der Waals surface area contributed by atoms with Gasteiger partial charge in [0.25, 0.3) is 0 Å². The molecule has 20 heavy (non-hydrogen) atoms. The van der Waals surface area contributed by atoms with E-state index >= 15 is 0 Å². The second kappa shape index (κ2) is 7.90. The van der Waals surface area contributed by atoms with Crippen LogP contribution in [0.25, 0.3) is 0 Å². The van der Waals surface area contributed by atoms with Crippen LogP contribution in [-0.4, -0.2) is 36.7 Å². The molecule has 1 unspecified atom stereocenters. The highest BCUT2D eigenvalue weighted by Crippen LogP contribution is 2.17. The highest BCUT2D eigenvalue weighted by Gasteiger charge is 2.26. The van der Waals surface area contributed by atoms with E-state index in [2.05, 4.69) is 5.32 Å². The van der Waals surface area contributed by atoms with Gasteiger partial charge in [0.15, 0.2) is 0 Å². The van der Waals surface area contributed by atoms with Gasteiger partial charge in [0.05, 0.1) is 12.6 Å². The Hall–Kier alpha value is -1.55. The van der Waals surface area contributed by atoms with Crippen LogP contribution in [0.15, 0.2) is 30.3 Å². The molecule has 1 aromatic rings. The third-order valence-electron chi connectivity index (χ3n) is 3.69. The van der Waals surface area contributed by atoms with E-state index in [1.54, 1.807) is 0 Å². The lowest BCUT2D eigenvalue weighted by Gasteiger charge is -2.35. The summed E-state index contributed by atoms with van der Waals surface area (Å²) in [5.74, 6) is 0. The van der Waals surface area contributed by atoms with Crippen LogP contribution in [0.4, 0.5) is 4.79 Å². The van der Waals surface area contributed by atoms with Gasteiger partial charge < -0.3 is 15.0 Å². The number of hydrogen-bond donors (Lipinski definition) is 1. The van der Waals surface area contributed by atoms with Crippen LogP contribution in [-0.2, 0) is 11.3 Å². The number of carbonyl (C=O) groups excluding carboxylic acids is 1. The largest absolute Gasteiger partial charge is 0.380 e. The quantitative estimate of drug-likeness (QED) is 0.898. The van der Waals surface area contributed by atoms with Crippen LogP contribution < -0.4 is 5.32 Å². The molecule has 0 spiro atoms. The van der Waals surface area contributed by atoms with Gasteiger partial charge >= 0.3 is 6.03 Å². The topological polar surface area (TPSA) is 41.6 Å². The third-order valence-corrected chi connectivity index (χ3v) is 3.69. The maximum Gasteiger partial charge on any atom is 0.317 e. The zero-order valence-electron chi connectivity index (χ0n) is 12.2. The number of amides is 2. The molecule has 0 saturated carbocycles. The third kappa shape index (κ3) is 4.23. The lowest BCUT2D eigenvalue weighted by atomic mass is 10.0. The van der Waals surface area contributed by atoms with Crippen molar-refractivity contribution in [3.63, 3.8) is 0 Å². The average Bonchev–Trinajstić information content (AvgIpc) is 2.52. The predicted octanol–water partition coefficient (Wildman–Crippen LogP) is 2.79. The fraction of sp³-hybridized carbons (Fsp3) is 0.562. The standard InChI is InChI=1S/C16H24N2O2/c1-2-20-13-15-10-6-7-11-18(15)16(19)17-12-14-8-4-3-5-9-14/h3-5,8-9,15H,2,6-7,10-13H2,1H3,(H,17,19). The summed E-state index contributed by atoms with van der Waals surface area (Å²) in [5.41, 5.74) is 1.12. The van der Waals surface area contributed by atoms with E-state index in [0.29, 0.717) is 19.8 Å². The SMILES string of the molecule is CCOCC1CCCCN1C(=O)NCc1ccccc1. The van der Waals surface area contributed by atoms with Gasteiger partial charge in [0.2, 0.25) is 0 Å². The van der Waals surface area contributed by atoms with Gasteiger partial charge in [-0.05, 0) is 31.7 Å². The van der Waals surface area contributed by atoms with Crippen LogP contribution in [0.5, 0.6) is 0 Å². The van der Waals surface area contributed by atoms with Crippen LogP contribution in [0.3, 0.4) is 0 Å². The molecule has 1 aliphatic heterocycles. The molecule has 1 fully saturated rings. The summed E-state index contributed by atoms with van der Waals surface area (Å²) in [7, 11) is 0. The predicted molar refractivity (Wildman–Crippen MR) is 79.5 cm³/mol. The van der Waals surface area contributed by atoms with E-state index in [4.69, 9.17) is 4.74 Å². The Balaban J connectivity index is 1.85. The lowest BCUT2D eigenvalue weighted by Crippen LogP contribution is -2.50. The Labute approximate surface area is 121 Å². The first-order valence-corrected chi connectivity index (χ1v) is 7.47. The van der Waals surface area contributed by atoms with Crippen LogP contribution in [0.2, 0.25) is 0 Å². The molecule has 1 aliphatic rings. The van der Waals surface area contributed by atoms with Gasteiger partial charge in [-0.3, -0.25) is 0 Å². The second-order valence-electron chi connectivity index (χ2n) is 5.15. The molecule has 0 aromatic heterocycles. The number of piperidine rings is 1. The van der Waals surface area contributed by atoms with Gasteiger partial charge in [-0.15, -0.1) is 0 Å². The molecule has 1 saturated heterocycles. The van der Waals surface area contributed by atoms with Crippen molar-refractivity contribution in [3.8, 4) is 0 Å². The molecule has 2 rings (SSSR count). The van der Waals surface area contributed by atoms with Crippen molar-refractivity contribution in [2.24, 2.45) is 0 Å². The number of ether oxygens (including phenoxy) is 1. The van der Waals surface area contributed by atoms with Crippen molar-refractivity contribution < 1.29 is 9.53 Å². The maximum absolute atomic E-state index is 12.3. The molecular weight excluding hydrogens is 252 g/mol. The molecule has 2 amide bonds. The van der Waals surface area contributed by atoms with Gasteiger partial charge in [0.1, 0.15) is 0 Å². The van der Waals surface area contributed by atoms with E-state index in [1.807, 2.05) is 42.2 Å². The molecule has 1 aromatic carbocycles. The fourth-order valence-corrected chi connectivity index (χ4v) is 2.57. The smallest absolute Gasteiger partial charge is 0.317 e. The van der Waals surface area contributed by atoms with Crippen molar-refractivity contribution in [2.75, 3.05) is 19.8 Å². The summed E-state index contributed by atoms with van der Waals surface area (Å²) in [6.07, 6.45) is 3.31. The zero-order chi connectivity index (χ0) is 14.2. The molecule has 1 atom stereocenters. The molecule has 0 radical (unpaired) electrons. The van der Waals surface area contributed by atoms with E-state index in [9.17, 15) is 4.79 Å². The summed E-state index contributed by atoms with van der Waals surface area (Å²) < 4.78 is 5.49. The van der Waals surface area contributed by atoms with Crippen molar-refractivity contribution in [3.05, 3.63) is 35.9 Å². The number of nitrogens with zero attached hydrogens (tertiary/aromatic N) is 1. The molecule has 0 aliphatic carbocycles. The maximum atomic E-state index is 12.3. The number of hydrogen-bond acceptors (Lipinski definition) is 2. The second-order valence-corrected chi connectivity index (χ2v) is 5.15. The molecule has 1 heterocycles. The van der Waals surface area contributed by atoms with Crippen LogP contribution in [0, 0.1) is 0 Å². The van der Waals surface area contributed by atoms with Crippen molar-refractivity contribution >= 4 is 6.03 Å². The van der Waals surface area contributed by atoms with E-state index in [-0.39, 0.29) is 12.1 Å². The van der Waals surface area contributed by atoms with E-state index < -0.39 is 0 Å². The van der Waals surface area contributed by atoms with Gasteiger partial charge in [-0.25, -0.2) is 4.79 Å². The summed E-state index contributed by atoms with van der Waals surface area (Å²) in [6.45, 7) is 4.75. The first kappa shape index (κ1) is 14.9. The normalized spacial score (nSPS) is 18.9. The minimum absolute atomic E-state index is 0.0262.